The second-order valence-corrected chi connectivity index (χ2v) is 8.16. The van der Waals surface area contributed by atoms with Gasteiger partial charge in [0, 0.05) is 65.7 Å². The highest BCUT2D eigenvalue weighted by molar-refractivity contribution is 5.79. The Morgan fingerprint density at radius 1 is 1.14 bits per heavy atom. The Bertz CT molecular complexity index is 582. The van der Waals surface area contributed by atoms with Crippen LogP contribution < -0.4 is 10.6 Å². The second-order valence-electron chi connectivity index (χ2n) is 8.16. The maximum absolute atomic E-state index is 5.84. The molecule has 6 heteroatoms. The van der Waals surface area contributed by atoms with Crippen molar-refractivity contribution in [2.75, 3.05) is 53.1 Å². The van der Waals surface area contributed by atoms with E-state index in [1.54, 1.807) is 0 Å². The first-order valence-corrected chi connectivity index (χ1v) is 11.2. The summed E-state index contributed by atoms with van der Waals surface area (Å²) in [6.07, 6.45) is 5.58. The molecule has 1 aromatic rings. The van der Waals surface area contributed by atoms with Crippen LogP contribution in [0.15, 0.2) is 35.3 Å². The third-order valence-electron chi connectivity index (χ3n) is 5.85. The molecule has 0 bridgehead atoms. The minimum Gasteiger partial charge on any atom is -0.381 e. The summed E-state index contributed by atoms with van der Waals surface area (Å²) in [5.41, 5.74) is 1.40. The lowest BCUT2D eigenvalue weighted by molar-refractivity contribution is 0.0203. The van der Waals surface area contributed by atoms with E-state index in [1.807, 2.05) is 7.05 Å². The van der Waals surface area contributed by atoms with E-state index in [4.69, 9.17) is 9.47 Å². The molecular formula is C23H38N4O2. The van der Waals surface area contributed by atoms with Gasteiger partial charge in [-0.05, 0) is 43.6 Å². The smallest absolute Gasteiger partial charge is 0.191 e. The number of rotatable bonds is 9. The highest BCUT2D eigenvalue weighted by Crippen LogP contribution is 2.15. The third kappa shape index (κ3) is 8.33. The number of nitrogens with zero attached hydrogens (tertiary/aromatic N) is 2. The van der Waals surface area contributed by atoms with E-state index in [0.29, 0.717) is 12.0 Å². The zero-order chi connectivity index (χ0) is 20.2. The number of likely N-dealkylation sites (tertiary alicyclic amines) is 1. The number of ether oxygens (including phenoxy) is 2. The number of benzene rings is 1. The molecule has 2 heterocycles. The van der Waals surface area contributed by atoms with Crippen molar-refractivity contribution in [2.45, 2.75) is 44.7 Å². The lowest BCUT2D eigenvalue weighted by Crippen LogP contribution is -2.48. The molecule has 2 saturated heterocycles. The van der Waals surface area contributed by atoms with Crippen LogP contribution in [0.25, 0.3) is 0 Å². The van der Waals surface area contributed by atoms with E-state index < -0.39 is 0 Å². The molecule has 2 fully saturated rings. The summed E-state index contributed by atoms with van der Waals surface area (Å²) in [6.45, 7) is 7.66. The van der Waals surface area contributed by atoms with Crippen molar-refractivity contribution in [3.63, 3.8) is 0 Å². The molecule has 3 rings (SSSR count). The fourth-order valence-corrected chi connectivity index (χ4v) is 4.01. The molecule has 0 spiro atoms. The van der Waals surface area contributed by atoms with Crippen LogP contribution in [0.1, 0.15) is 37.7 Å². The Morgan fingerprint density at radius 2 is 1.90 bits per heavy atom. The minimum absolute atomic E-state index is 0.498. The first-order chi connectivity index (χ1) is 14.3. The lowest BCUT2D eigenvalue weighted by Gasteiger charge is -2.33. The van der Waals surface area contributed by atoms with Crippen LogP contribution in [0.4, 0.5) is 0 Å². The van der Waals surface area contributed by atoms with Crippen LogP contribution in [0, 0.1) is 5.92 Å². The number of guanidine groups is 1. The zero-order valence-electron chi connectivity index (χ0n) is 17.9. The van der Waals surface area contributed by atoms with Gasteiger partial charge in [-0.2, -0.15) is 0 Å². The van der Waals surface area contributed by atoms with Crippen LogP contribution in [0.3, 0.4) is 0 Å². The fourth-order valence-electron chi connectivity index (χ4n) is 4.01. The van der Waals surface area contributed by atoms with E-state index in [9.17, 15) is 0 Å². The summed E-state index contributed by atoms with van der Waals surface area (Å²) in [5, 5.41) is 7.02. The molecular weight excluding hydrogens is 364 g/mol. The molecule has 6 nitrogen and oxygen atoms in total. The van der Waals surface area contributed by atoms with E-state index in [0.717, 1.165) is 90.7 Å². The maximum atomic E-state index is 5.84. The fraction of sp³-hybridized carbons (Fsp3) is 0.696. The Labute approximate surface area is 176 Å². The van der Waals surface area contributed by atoms with Gasteiger partial charge in [-0.15, -0.1) is 0 Å². The summed E-state index contributed by atoms with van der Waals surface area (Å²) in [6, 6.07) is 11.2. The number of hydrogen-bond acceptors (Lipinski definition) is 4. The van der Waals surface area contributed by atoms with Crippen molar-refractivity contribution in [3.05, 3.63) is 35.9 Å². The van der Waals surface area contributed by atoms with Gasteiger partial charge in [-0.25, -0.2) is 0 Å². The molecule has 1 aromatic carbocycles. The highest BCUT2D eigenvalue weighted by atomic mass is 16.5. The van der Waals surface area contributed by atoms with Crippen molar-refractivity contribution in [1.82, 2.24) is 15.5 Å². The molecule has 0 aromatic heterocycles. The van der Waals surface area contributed by atoms with E-state index in [-0.39, 0.29) is 0 Å². The largest absolute Gasteiger partial charge is 0.381 e. The summed E-state index contributed by atoms with van der Waals surface area (Å²) in [5.74, 6) is 1.59. The molecule has 0 atom stereocenters. The molecule has 2 aliphatic rings. The molecule has 2 aliphatic heterocycles. The molecule has 0 amide bonds. The topological polar surface area (TPSA) is 58.1 Å². The molecule has 0 unspecified atom stereocenters. The predicted molar refractivity (Wildman–Crippen MR) is 118 cm³/mol. The van der Waals surface area contributed by atoms with Gasteiger partial charge in [-0.1, -0.05) is 30.3 Å². The number of aliphatic imine (C=N–C) groups is 1. The van der Waals surface area contributed by atoms with Gasteiger partial charge in [0.1, 0.15) is 0 Å². The monoisotopic (exact) mass is 402 g/mol. The average molecular weight is 403 g/mol. The van der Waals surface area contributed by atoms with E-state index >= 15 is 0 Å². The van der Waals surface area contributed by atoms with E-state index in [2.05, 4.69) is 50.9 Å². The minimum atomic E-state index is 0.498. The third-order valence-corrected chi connectivity index (χ3v) is 5.85. The summed E-state index contributed by atoms with van der Waals surface area (Å²) >= 11 is 0. The lowest BCUT2D eigenvalue weighted by atomic mass is 10.0. The highest BCUT2D eigenvalue weighted by Gasteiger charge is 2.20. The van der Waals surface area contributed by atoms with Crippen molar-refractivity contribution < 1.29 is 9.47 Å². The Hall–Kier alpha value is -1.63. The van der Waals surface area contributed by atoms with Crippen molar-refractivity contribution >= 4 is 5.96 Å². The number of piperidine rings is 1. The summed E-state index contributed by atoms with van der Waals surface area (Å²) in [4.78, 5) is 6.93. The van der Waals surface area contributed by atoms with Crippen LogP contribution >= 0.6 is 0 Å². The molecule has 2 N–H and O–H groups in total. The molecule has 29 heavy (non-hydrogen) atoms. The van der Waals surface area contributed by atoms with Crippen LogP contribution in [-0.4, -0.2) is 70.0 Å². The second kappa shape index (κ2) is 12.8. The Morgan fingerprint density at radius 3 is 2.62 bits per heavy atom. The number of nitrogens with one attached hydrogen (secondary N) is 2. The first-order valence-electron chi connectivity index (χ1n) is 11.2. The standard InChI is InChI=1S/C23H38N4O2/c1-24-23(25-12-5-15-29-19-21-10-16-28-17-11-21)26-22-8-13-27(14-9-22)18-20-6-3-2-4-7-20/h2-4,6-7,21-22H,5,8-19H2,1H3,(H2,24,25,26). The normalized spacial score (nSPS) is 20.0. The van der Waals surface area contributed by atoms with Gasteiger partial charge in [-0.3, -0.25) is 9.89 Å². The van der Waals surface area contributed by atoms with Crippen LogP contribution in [-0.2, 0) is 16.0 Å². The SMILES string of the molecule is CN=C(NCCCOCC1CCOCC1)NC1CCN(Cc2ccccc2)CC1. The van der Waals surface area contributed by atoms with Crippen molar-refractivity contribution in [3.8, 4) is 0 Å². The van der Waals surface area contributed by atoms with Crippen LogP contribution in [0.2, 0.25) is 0 Å². The predicted octanol–water partition coefficient (Wildman–Crippen LogP) is 2.65. The summed E-state index contributed by atoms with van der Waals surface area (Å²) in [7, 11) is 1.85. The Kier molecular flexibility index (Phi) is 9.76. The molecule has 162 valence electrons. The van der Waals surface area contributed by atoms with Crippen LogP contribution in [0.5, 0.6) is 0 Å². The maximum Gasteiger partial charge on any atom is 0.191 e. The van der Waals surface area contributed by atoms with Gasteiger partial charge in [0.25, 0.3) is 0 Å². The van der Waals surface area contributed by atoms with Gasteiger partial charge >= 0.3 is 0 Å². The average Bonchev–Trinajstić information content (AvgIpc) is 2.78. The van der Waals surface area contributed by atoms with Crippen molar-refractivity contribution in [2.24, 2.45) is 10.9 Å². The zero-order valence-corrected chi connectivity index (χ0v) is 17.9. The van der Waals surface area contributed by atoms with E-state index in [1.165, 1.54) is 5.56 Å². The molecule has 0 saturated carbocycles. The van der Waals surface area contributed by atoms with Gasteiger partial charge in [0.2, 0.25) is 0 Å². The molecule has 0 aliphatic carbocycles. The van der Waals surface area contributed by atoms with Crippen molar-refractivity contribution in [1.29, 1.82) is 0 Å². The summed E-state index contributed by atoms with van der Waals surface area (Å²) < 4.78 is 11.2. The number of hydrogen-bond donors (Lipinski definition) is 2. The molecule has 0 radical (unpaired) electrons. The van der Waals surface area contributed by atoms with Gasteiger partial charge in [0.15, 0.2) is 5.96 Å². The quantitative estimate of drug-likeness (QED) is 0.378. The van der Waals surface area contributed by atoms with Gasteiger partial charge in [0.05, 0.1) is 0 Å². The Balaban J connectivity index is 1.24. The van der Waals surface area contributed by atoms with Gasteiger partial charge < -0.3 is 20.1 Å². The first kappa shape index (κ1) is 22.1.